The Morgan fingerprint density at radius 3 is 2.73 bits per heavy atom. The molecule has 5 heteroatoms. The monoisotopic (exact) mass is 294 g/mol. The lowest BCUT2D eigenvalue weighted by Gasteiger charge is -2.34. The average Bonchev–Trinajstić information content (AvgIpc) is 2.58. The highest BCUT2D eigenvalue weighted by molar-refractivity contribution is 5.57. The fourth-order valence-corrected chi connectivity index (χ4v) is 2.66. The number of aromatic nitrogens is 2. The van der Waals surface area contributed by atoms with Gasteiger partial charge in [-0.25, -0.2) is 0 Å². The first-order chi connectivity index (χ1) is 10.7. The lowest BCUT2D eigenvalue weighted by Crippen LogP contribution is -2.39. The predicted octanol–water partition coefficient (Wildman–Crippen LogP) is 2.54. The van der Waals surface area contributed by atoms with E-state index in [1.165, 1.54) is 0 Å². The molecule has 0 amide bonds. The number of anilines is 1. The second kappa shape index (κ2) is 6.12. The van der Waals surface area contributed by atoms with Crippen LogP contribution in [0.3, 0.4) is 0 Å². The highest BCUT2D eigenvalue weighted by Gasteiger charge is 2.25. The lowest BCUT2D eigenvalue weighted by atomic mass is 10.1. The summed E-state index contributed by atoms with van der Waals surface area (Å²) >= 11 is 0. The molecule has 3 rings (SSSR count). The Morgan fingerprint density at radius 2 is 2.00 bits per heavy atom. The number of ether oxygens (including phenoxy) is 1. The standard InChI is InChI=1S/C17H18N4O/c1-12-13(2)19-20-17(15(12)10-18)21-8-9-22-16(11-21)14-6-4-3-5-7-14/h3-7,16H,8-9,11H2,1-2H3/t16-/m1/s1. The molecule has 5 nitrogen and oxygen atoms in total. The van der Waals surface area contributed by atoms with E-state index in [0.29, 0.717) is 24.5 Å². The zero-order valence-corrected chi connectivity index (χ0v) is 12.8. The van der Waals surface area contributed by atoms with Gasteiger partial charge >= 0.3 is 0 Å². The second-order valence-corrected chi connectivity index (χ2v) is 5.44. The number of benzene rings is 1. The Balaban J connectivity index is 1.90. The Bertz CT molecular complexity index is 709. The van der Waals surface area contributed by atoms with Crippen molar-refractivity contribution in [3.05, 3.63) is 52.7 Å². The molecule has 1 saturated heterocycles. The Hall–Kier alpha value is -2.45. The van der Waals surface area contributed by atoms with E-state index in [4.69, 9.17) is 4.74 Å². The largest absolute Gasteiger partial charge is 0.370 e. The molecule has 1 aliphatic heterocycles. The van der Waals surface area contributed by atoms with Gasteiger partial charge in [-0.1, -0.05) is 30.3 Å². The average molecular weight is 294 g/mol. The van der Waals surface area contributed by atoms with E-state index in [1.807, 2.05) is 32.0 Å². The fourth-order valence-electron chi connectivity index (χ4n) is 2.66. The van der Waals surface area contributed by atoms with Gasteiger partial charge in [0.2, 0.25) is 0 Å². The summed E-state index contributed by atoms with van der Waals surface area (Å²) in [5.74, 6) is 0.662. The van der Waals surface area contributed by atoms with E-state index in [2.05, 4.69) is 33.3 Å². The van der Waals surface area contributed by atoms with Gasteiger partial charge in [-0.15, -0.1) is 5.10 Å². The molecule has 0 unspecified atom stereocenters. The molecule has 0 saturated carbocycles. The van der Waals surface area contributed by atoms with Crippen molar-refractivity contribution in [2.45, 2.75) is 20.0 Å². The number of nitrogens with zero attached hydrogens (tertiary/aromatic N) is 4. The topological polar surface area (TPSA) is 62.0 Å². The van der Waals surface area contributed by atoms with Crippen molar-refractivity contribution >= 4 is 5.82 Å². The molecule has 0 spiro atoms. The first-order valence-corrected chi connectivity index (χ1v) is 7.36. The molecule has 0 N–H and O–H groups in total. The molecule has 1 atom stereocenters. The van der Waals surface area contributed by atoms with E-state index < -0.39 is 0 Å². The Kier molecular flexibility index (Phi) is 4.03. The van der Waals surface area contributed by atoms with Gasteiger partial charge in [-0.2, -0.15) is 10.4 Å². The molecule has 1 aromatic heterocycles. The van der Waals surface area contributed by atoms with E-state index in [9.17, 15) is 5.26 Å². The third kappa shape index (κ3) is 2.66. The van der Waals surface area contributed by atoms with Gasteiger partial charge in [0, 0.05) is 13.1 Å². The first-order valence-electron chi connectivity index (χ1n) is 7.36. The smallest absolute Gasteiger partial charge is 0.169 e. The number of rotatable bonds is 2. The van der Waals surface area contributed by atoms with Crippen molar-refractivity contribution < 1.29 is 4.74 Å². The summed E-state index contributed by atoms with van der Waals surface area (Å²) in [5, 5.41) is 17.9. The molecule has 0 bridgehead atoms. The SMILES string of the molecule is Cc1nnc(N2CCO[C@@H](c3ccccc3)C2)c(C#N)c1C. The minimum Gasteiger partial charge on any atom is -0.370 e. The molecular formula is C17H18N4O. The van der Waals surface area contributed by atoms with E-state index >= 15 is 0 Å². The summed E-state index contributed by atoms with van der Waals surface area (Å²) in [4.78, 5) is 2.10. The molecule has 0 radical (unpaired) electrons. The van der Waals surface area contributed by atoms with Gasteiger partial charge in [0.1, 0.15) is 17.7 Å². The van der Waals surface area contributed by atoms with Gasteiger partial charge in [-0.05, 0) is 25.0 Å². The maximum atomic E-state index is 9.46. The van der Waals surface area contributed by atoms with Crippen LogP contribution in [0.15, 0.2) is 30.3 Å². The summed E-state index contributed by atoms with van der Waals surface area (Å²) in [7, 11) is 0. The minimum absolute atomic E-state index is 0.00935. The number of hydrogen-bond acceptors (Lipinski definition) is 5. The number of nitriles is 1. The first kappa shape index (κ1) is 14.5. The van der Waals surface area contributed by atoms with Crippen molar-refractivity contribution in [3.63, 3.8) is 0 Å². The predicted molar refractivity (Wildman–Crippen MR) is 83.6 cm³/mol. The summed E-state index contributed by atoms with van der Waals surface area (Å²) in [5.41, 5.74) is 3.45. The third-order valence-electron chi connectivity index (χ3n) is 4.09. The van der Waals surface area contributed by atoms with Gasteiger partial charge in [0.15, 0.2) is 5.82 Å². The fraction of sp³-hybridized carbons (Fsp3) is 0.353. The maximum Gasteiger partial charge on any atom is 0.169 e. The number of morpholine rings is 1. The molecule has 0 aliphatic carbocycles. The van der Waals surface area contributed by atoms with Crippen LogP contribution in [0.1, 0.15) is 28.5 Å². The highest BCUT2D eigenvalue weighted by Crippen LogP contribution is 2.28. The molecule has 1 aromatic carbocycles. The van der Waals surface area contributed by atoms with Crippen LogP contribution in [0.25, 0.3) is 0 Å². The van der Waals surface area contributed by atoms with E-state index in [0.717, 1.165) is 23.4 Å². The van der Waals surface area contributed by atoms with Crippen LogP contribution >= 0.6 is 0 Å². The molecule has 1 fully saturated rings. The quantitative estimate of drug-likeness (QED) is 0.851. The summed E-state index contributed by atoms with van der Waals surface area (Å²) in [6.07, 6.45) is -0.00935. The summed E-state index contributed by atoms with van der Waals surface area (Å²) in [6.45, 7) is 5.80. The molecule has 2 aromatic rings. The number of aryl methyl sites for hydroxylation is 1. The molecule has 2 heterocycles. The van der Waals surface area contributed by atoms with Gasteiger partial charge in [0.25, 0.3) is 0 Å². The van der Waals surface area contributed by atoms with Crippen LogP contribution < -0.4 is 4.90 Å². The zero-order valence-electron chi connectivity index (χ0n) is 12.8. The summed E-state index contributed by atoms with van der Waals surface area (Å²) < 4.78 is 5.87. The molecule has 1 aliphatic rings. The van der Waals surface area contributed by atoms with Crippen molar-refractivity contribution in [1.29, 1.82) is 5.26 Å². The van der Waals surface area contributed by atoms with Crippen molar-refractivity contribution in [2.75, 3.05) is 24.6 Å². The summed E-state index contributed by atoms with van der Waals surface area (Å²) in [6, 6.07) is 12.4. The van der Waals surface area contributed by atoms with E-state index in [1.54, 1.807) is 0 Å². The van der Waals surface area contributed by atoms with Crippen molar-refractivity contribution in [1.82, 2.24) is 10.2 Å². The van der Waals surface area contributed by atoms with Crippen LogP contribution in [-0.2, 0) is 4.74 Å². The minimum atomic E-state index is -0.00935. The van der Waals surface area contributed by atoms with Crippen molar-refractivity contribution in [3.8, 4) is 6.07 Å². The lowest BCUT2D eigenvalue weighted by molar-refractivity contribution is 0.0394. The Morgan fingerprint density at radius 1 is 1.23 bits per heavy atom. The molecule has 112 valence electrons. The van der Waals surface area contributed by atoms with Crippen molar-refractivity contribution in [2.24, 2.45) is 0 Å². The molecule has 22 heavy (non-hydrogen) atoms. The zero-order chi connectivity index (χ0) is 15.5. The highest BCUT2D eigenvalue weighted by atomic mass is 16.5. The molecular weight excluding hydrogens is 276 g/mol. The maximum absolute atomic E-state index is 9.46. The van der Waals surface area contributed by atoms with Crippen LogP contribution in [0, 0.1) is 25.2 Å². The number of hydrogen-bond donors (Lipinski definition) is 0. The van der Waals surface area contributed by atoms with Gasteiger partial charge in [-0.3, -0.25) is 0 Å². The van der Waals surface area contributed by atoms with Crippen LogP contribution in [-0.4, -0.2) is 29.9 Å². The van der Waals surface area contributed by atoms with Gasteiger partial charge in [0.05, 0.1) is 12.3 Å². The van der Waals surface area contributed by atoms with E-state index in [-0.39, 0.29) is 6.10 Å². The normalized spacial score (nSPS) is 18.0. The van der Waals surface area contributed by atoms with Crippen LogP contribution in [0.5, 0.6) is 0 Å². The van der Waals surface area contributed by atoms with Gasteiger partial charge < -0.3 is 9.64 Å². The van der Waals surface area contributed by atoms with Crippen LogP contribution in [0.4, 0.5) is 5.82 Å². The third-order valence-corrected chi connectivity index (χ3v) is 4.09. The Labute approximate surface area is 130 Å². The van der Waals surface area contributed by atoms with Crippen LogP contribution in [0.2, 0.25) is 0 Å². The second-order valence-electron chi connectivity index (χ2n) is 5.44.